The van der Waals surface area contributed by atoms with Crippen LogP contribution < -0.4 is 29.6 Å². The smallest absolute Gasteiger partial charge is 0.768 e. The summed E-state index contributed by atoms with van der Waals surface area (Å²) in [7, 11) is 0. The fourth-order valence-electron chi connectivity index (χ4n) is 0.990. The summed E-state index contributed by atoms with van der Waals surface area (Å²) in [4.78, 5) is 0.238. The number of hydrogen-bond donors (Lipinski definition) is 0. The molecule has 0 aliphatic carbocycles. The van der Waals surface area contributed by atoms with Crippen LogP contribution in [0.4, 0.5) is 0 Å². The molecule has 8 heteroatoms. The van der Waals surface area contributed by atoms with Crippen LogP contribution in [0.3, 0.4) is 0 Å². The molecule has 1 heterocycles. The van der Waals surface area contributed by atoms with Crippen molar-refractivity contribution < 1.29 is 38.3 Å². The average molecular weight is 232 g/mol. The van der Waals surface area contributed by atoms with Crippen LogP contribution >= 0.6 is 0 Å². The van der Waals surface area contributed by atoms with E-state index < -0.39 is 11.1 Å². The molecule has 0 bridgehead atoms. The molecule has 6 nitrogen and oxygen atoms in total. The Kier molecular flexibility index (Phi) is 4.55. The SMILES string of the molecule is O=S([O-])c1ccc(-n2cnnn2)cc1.[Na+]. The van der Waals surface area contributed by atoms with Gasteiger partial charge >= 0.3 is 29.6 Å². The van der Waals surface area contributed by atoms with E-state index >= 15 is 0 Å². The Labute approximate surface area is 110 Å². The number of rotatable bonds is 2. The summed E-state index contributed by atoms with van der Waals surface area (Å²) in [5.74, 6) is 0. The van der Waals surface area contributed by atoms with Crippen molar-refractivity contribution in [3.63, 3.8) is 0 Å². The van der Waals surface area contributed by atoms with Crippen molar-refractivity contribution in [1.29, 1.82) is 0 Å². The van der Waals surface area contributed by atoms with Gasteiger partial charge in [-0.25, -0.2) is 4.68 Å². The zero-order chi connectivity index (χ0) is 9.97. The predicted molar refractivity (Wildman–Crippen MR) is 46.3 cm³/mol. The summed E-state index contributed by atoms with van der Waals surface area (Å²) in [5, 5.41) is 10.6. The molecule has 1 unspecified atom stereocenters. The van der Waals surface area contributed by atoms with Gasteiger partial charge in [-0.15, -0.1) is 5.10 Å². The minimum Gasteiger partial charge on any atom is -0.768 e. The average Bonchev–Trinajstić information content (AvgIpc) is 2.71. The number of hydrogen-bond acceptors (Lipinski definition) is 5. The van der Waals surface area contributed by atoms with E-state index in [9.17, 15) is 8.76 Å². The number of benzene rings is 1. The molecule has 1 aromatic carbocycles. The summed E-state index contributed by atoms with van der Waals surface area (Å²) in [6, 6.07) is 6.23. The minimum absolute atomic E-state index is 0. The molecule has 72 valence electrons. The molecule has 0 saturated heterocycles. The summed E-state index contributed by atoms with van der Waals surface area (Å²) >= 11 is -2.19. The van der Waals surface area contributed by atoms with Gasteiger partial charge in [0, 0.05) is 4.90 Å². The van der Waals surface area contributed by atoms with E-state index in [0.717, 1.165) is 0 Å². The van der Waals surface area contributed by atoms with Crippen molar-refractivity contribution >= 4 is 11.1 Å². The molecular formula is C7H5N4NaO2S. The van der Waals surface area contributed by atoms with Crippen molar-refractivity contribution in [2.45, 2.75) is 4.90 Å². The van der Waals surface area contributed by atoms with Crippen molar-refractivity contribution in [1.82, 2.24) is 20.2 Å². The maximum absolute atomic E-state index is 10.6. The van der Waals surface area contributed by atoms with Gasteiger partial charge in [-0.3, -0.25) is 4.21 Å². The second-order valence-corrected chi connectivity index (χ2v) is 3.42. The van der Waals surface area contributed by atoms with Crippen LogP contribution in [-0.2, 0) is 11.1 Å². The van der Waals surface area contributed by atoms with E-state index in [1.54, 1.807) is 12.1 Å². The molecular weight excluding hydrogens is 227 g/mol. The maximum atomic E-state index is 10.6. The van der Waals surface area contributed by atoms with Crippen LogP contribution in [0.1, 0.15) is 0 Å². The predicted octanol–water partition coefficient (Wildman–Crippen LogP) is -3.10. The zero-order valence-corrected chi connectivity index (χ0v) is 10.7. The second-order valence-electron chi connectivity index (χ2n) is 2.48. The van der Waals surface area contributed by atoms with Crippen LogP contribution in [0, 0.1) is 0 Å². The van der Waals surface area contributed by atoms with Crippen LogP contribution in [0.2, 0.25) is 0 Å². The Morgan fingerprint density at radius 3 is 2.40 bits per heavy atom. The van der Waals surface area contributed by atoms with Crippen LogP contribution in [0.5, 0.6) is 0 Å². The van der Waals surface area contributed by atoms with Crippen molar-refractivity contribution in [3.05, 3.63) is 30.6 Å². The number of tetrazole rings is 1. The van der Waals surface area contributed by atoms with E-state index in [-0.39, 0.29) is 34.5 Å². The van der Waals surface area contributed by atoms with E-state index in [4.69, 9.17) is 0 Å². The van der Waals surface area contributed by atoms with Crippen molar-refractivity contribution in [2.24, 2.45) is 0 Å². The summed E-state index contributed by atoms with van der Waals surface area (Å²) in [6.07, 6.45) is 1.43. The molecule has 1 atom stereocenters. The van der Waals surface area contributed by atoms with E-state index in [2.05, 4.69) is 15.5 Å². The van der Waals surface area contributed by atoms with Gasteiger partial charge in [0.15, 0.2) is 0 Å². The molecule has 0 saturated carbocycles. The molecule has 0 aliphatic rings. The first-order valence-electron chi connectivity index (χ1n) is 3.70. The standard InChI is InChI=1S/C7H6N4O2S.Na/c12-14(13)7-3-1-6(2-4-7)11-5-8-9-10-11;/h1-5H,(H,12,13);/q;+1/p-1. The van der Waals surface area contributed by atoms with E-state index in [1.165, 1.54) is 23.1 Å². The fourth-order valence-corrected chi connectivity index (χ4v) is 1.35. The normalized spacial score (nSPS) is 11.8. The first kappa shape index (κ1) is 12.5. The van der Waals surface area contributed by atoms with Crippen molar-refractivity contribution in [3.8, 4) is 5.69 Å². The Morgan fingerprint density at radius 1 is 1.27 bits per heavy atom. The summed E-state index contributed by atoms with van der Waals surface area (Å²) < 4.78 is 22.5. The second kappa shape index (κ2) is 5.47. The van der Waals surface area contributed by atoms with Gasteiger partial charge in [0.2, 0.25) is 0 Å². The minimum atomic E-state index is -2.19. The van der Waals surface area contributed by atoms with Gasteiger partial charge in [-0.05, 0) is 45.8 Å². The molecule has 0 N–H and O–H groups in total. The molecule has 1 aromatic heterocycles. The molecule has 2 rings (SSSR count). The fraction of sp³-hybridized carbons (Fsp3) is 0. The molecule has 0 spiro atoms. The largest absolute Gasteiger partial charge is 1.00 e. The van der Waals surface area contributed by atoms with Crippen molar-refractivity contribution in [2.75, 3.05) is 0 Å². The molecule has 0 fully saturated rings. The van der Waals surface area contributed by atoms with E-state index in [1.807, 2.05) is 0 Å². The molecule has 2 aromatic rings. The van der Waals surface area contributed by atoms with Crippen LogP contribution in [0.25, 0.3) is 5.69 Å². The topological polar surface area (TPSA) is 83.7 Å². The van der Waals surface area contributed by atoms with Crippen LogP contribution in [0.15, 0.2) is 35.5 Å². The third-order valence-corrected chi connectivity index (χ3v) is 2.30. The first-order chi connectivity index (χ1) is 6.77. The van der Waals surface area contributed by atoms with Gasteiger partial charge in [0.05, 0.1) is 5.69 Å². The third-order valence-electron chi connectivity index (χ3n) is 1.64. The van der Waals surface area contributed by atoms with Gasteiger partial charge in [0.1, 0.15) is 6.33 Å². The quantitative estimate of drug-likeness (QED) is 0.404. The summed E-state index contributed by atoms with van der Waals surface area (Å²) in [5.41, 5.74) is 0.712. The Balaban J connectivity index is 0.00000112. The Morgan fingerprint density at radius 2 is 1.93 bits per heavy atom. The Hall–Kier alpha value is -0.600. The van der Waals surface area contributed by atoms with E-state index in [0.29, 0.717) is 5.69 Å². The first-order valence-corrected chi connectivity index (χ1v) is 4.77. The van der Waals surface area contributed by atoms with Gasteiger partial charge in [-0.1, -0.05) is 0 Å². The molecule has 15 heavy (non-hydrogen) atoms. The van der Waals surface area contributed by atoms with Gasteiger partial charge < -0.3 is 4.55 Å². The van der Waals surface area contributed by atoms with Gasteiger partial charge in [0.25, 0.3) is 0 Å². The summed E-state index contributed by atoms with van der Waals surface area (Å²) in [6.45, 7) is 0. The van der Waals surface area contributed by atoms with Gasteiger partial charge in [-0.2, -0.15) is 0 Å². The third kappa shape index (κ3) is 2.93. The van der Waals surface area contributed by atoms with Crippen LogP contribution in [-0.4, -0.2) is 29.0 Å². The zero-order valence-electron chi connectivity index (χ0n) is 7.90. The number of aromatic nitrogens is 4. The molecule has 0 aliphatic heterocycles. The molecule has 0 amide bonds. The molecule has 0 radical (unpaired) electrons. The Bertz CT molecular complexity index is 445. The number of nitrogens with zero attached hydrogens (tertiary/aromatic N) is 4. The maximum Gasteiger partial charge on any atom is 1.00 e. The monoisotopic (exact) mass is 232 g/mol.